The summed E-state index contributed by atoms with van der Waals surface area (Å²) in [6, 6.07) is 24.3. The molecule has 1 N–H and O–H groups in total. The van der Waals surface area contributed by atoms with Crippen molar-refractivity contribution in [1.82, 2.24) is 9.97 Å². The molecule has 1 aliphatic heterocycles. The molecule has 32 heavy (non-hydrogen) atoms. The van der Waals surface area contributed by atoms with E-state index in [0.29, 0.717) is 23.1 Å². The molecular weight excluding hydrogens is 398 g/mol. The second kappa shape index (κ2) is 8.87. The van der Waals surface area contributed by atoms with Crippen molar-refractivity contribution in [3.8, 4) is 22.9 Å². The highest BCUT2D eigenvalue weighted by Gasteiger charge is 2.23. The Balaban J connectivity index is 1.45. The number of hydrogen-bond donors (Lipinski definition) is 1. The van der Waals surface area contributed by atoms with Crippen molar-refractivity contribution in [2.75, 3.05) is 25.1 Å². The van der Waals surface area contributed by atoms with Gasteiger partial charge in [-0.2, -0.15) is 0 Å². The Labute approximate surface area is 188 Å². The number of rotatable bonds is 5. The first-order chi connectivity index (χ1) is 15.7. The minimum absolute atomic E-state index is 0.0674. The molecule has 0 atom stereocenters. The van der Waals surface area contributed by atoms with Crippen LogP contribution in [0, 0.1) is 5.92 Å². The minimum Gasteiger partial charge on any atom is -0.504 e. The molecule has 0 saturated carbocycles. The van der Waals surface area contributed by atoms with Crippen molar-refractivity contribution in [3.63, 3.8) is 0 Å². The van der Waals surface area contributed by atoms with Gasteiger partial charge in [-0.1, -0.05) is 48.5 Å². The van der Waals surface area contributed by atoms with E-state index in [0.717, 1.165) is 49.1 Å². The number of aromatic hydroxyl groups is 1. The summed E-state index contributed by atoms with van der Waals surface area (Å²) < 4.78 is 5.29. The molecule has 0 aliphatic carbocycles. The molecule has 0 unspecified atom stereocenters. The van der Waals surface area contributed by atoms with Crippen LogP contribution in [0.3, 0.4) is 0 Å². The molecule has 4 aromatic rings. The van der Waals surface area contributed by atoms with Crippen molar-refractivity contribution in [1.29, 1.82) is 0 Å². The van der Waals surface area contributed by atoms with Gasteiger partial charge in [0.2, 0.25) is 0 Å². The molecule has 5 heteroatoms. The summed E-state index contributed by atoms with van der Waals surface area (Å²) >= 11 is 0. The Morgan fingerprint density at radius 1 is 0.906 bits per heavy atom. The zero-order chi connectivity index (χ0) is 21.9. The van der Waals surface area contributed by atoms with Gasteiger partial charge in [-0.05, 0) is 55.0 Å². The highest BCUT2D eigenvalue weighted by molar-refractivity contribution is 5.91. The molecule has 162 valence electrons. The maximum atomic E-state index is 10.7. The fraction of sp³-hybridized carbons (Fsp3) is 0.259. The first kappa shape index (κ1) is 20.3. The maximum absolute atomic E-state index is 10.7. The molecular formula is C27H27N3O2. The third-order valence-electron chi connectivity index (χ3n) is 6.32. The minimum atomic E-state index is 0.0674. The molecule has 0 bridgehead atoms. The molecule has 3 aromatic carbocycles. The largest absolute Gasteiger partial charge is 0.504 e. The Morgan fingerprint density at radius 2 is 1.66 bits per heavy atom. The summed E-state index contributed by atoms with van der Waals surface area (Å²) in [5.41, 5.74) is 2.87. The van der Waals surface area contributed by atoms with Crippen molar-refractivity contribution in [2.45, 2.75) is 19.3 Å². The van der Waals surface area contributed by atoms with Gasteiger partial charge < -0.3 is 14.7 Å². The number of piperidine rings is 1. The zero-order valence-corrected chi connectivity index (χ0v) is 18.2. The number of aromatic nitrogens is 2. The smallest absolute Gasteiger partial charge is 0.168 e. The molecule has 1 aliphatic rings. The predicted octanol–water partition coefficient (Wildman–Crippen LogP) is 5.47. The second-order valence-corrected chi connectivity index (χ2v) is 8.36. The van der Waals surface area contributed by atoms with Crippen molar-refractivity contribution in [3.05, 3.63) is 78.4 Å². The van der Waals surface area contributed by atoms with Gasteiger partial charge in [0.05, 0.1) is 18.2 Å². The van der Waals surface area contributed by atoms with E-state index >= 15 is 0 Å². The average molecular weight is 426 g/mol. The summed E-state index contributed by atoms with van der Waals surface area (Å²) in [4.78, 5) is 12.1. The van der Waals surface area contributed by atoms with Crippen molar-refractivity contribution >= 4 is 16.7 Å². The molecule has 0 radical (unpaired) electrons. The number of fused-ring (bicyclic) bond motifs is 1. The van der Waals surface area contributed by atoms with Gasteiger partial charge in [0.1, 0.15) is 5.82 Å². The molecule has 1 saturated heterocycles. The first-order valence-electron chi connectivity index (χ1n) is 11.1. The van der Waals surface area contributed by atoms with E-state index in [4.69, 9.17) is 14.7 Å². The van der Waals surface area contributed by atoms with Crippen LogP contribution in [-0.2, 0) is 6.42 Å². The third kappa shape index (κ3) is 3.98. The third-order valence-corrected chi connectivity index (χ3v) is 6.32. The highest BCUT2D eigenvalue weighted by Crippen LogP contribution is 2.37. The number of methoxy groups -OCH3 is 1. The summed E-state index contributed by atoms with van der Waals surface area (Å²) in [5.74, 6) is 2.62. The lowest BCUT2D eigenvalue weighted by atomic mass is 9.90. The molecule has 0 amide bonds. The van der Waals surface area contributed by atoms with Crippen LogP contribution in [0.15, 0.2) is 72.8 Å². The standard InChI is InChI=1S/C27H27N3O2/c1-32-24-13-7-11-22(25(24)31)26-28-23-12-6-5-10-21(23)27(29-26)30-16-14-20(15-17-30)18-19-8-3-2-4-9-19/h2-13,20,31H,14-18H2,1H3. The molecule has 0 spiro atoms. The average Bonchev–Trinajstić information content (AvgIpc) is 2.85. The van der Waals surface area contributed by atoms with Crippen LogP contribution in [0.1, 0.15) is 18.4 Å². The molecule has 5 rings (SSSR count). The molecule has 1 aromatic heterocycles. The van der Waals surface area contributed by atoms with E-state index < -0.39 is 0 Å². The quantitative estimate of drug-likeness (QED) is 0.459. The second-order valence-electron chi connectivity index (χ2n) is 8.36. The zero-order valence-electron chi connectivity index (χ0n) is 18.2. The molecule has 5 nitrogen and oxygen atoms in total. The van der Waals surface area contributed by atoms with Gasteiger partial charge in [0.15, 0.2) is 17.3 Å². The summed E-state index contributed by atoms with van der Waals surface area (Å²) in [6.45, 7) is 1.92. The Morgan fingerprint density at radius 3 is 2.44 bits per heavy atom. The number of para-hydroxylation sites is 2. The molecule has 1 fully saturated rings. The number of ether oxygens (including phenoxy) is 1. The topological polar surface area (TPSA) is 58.5 Å². The van der Waals surface area contributed by atoms with Gasteiger partial charge in [-0.25, -0.2) is 9.97 Å². The van der Waals surface area contributed by atoms with Crippen molar-refractivity contribution < 1.29 is 9.84 Å². The fourth-order valence-corrected chi connectivity index (χ4v) is 4.59. The van der Waals surface area contributed by atoms with E-state index in [2.05, 4.69) is 41.3 Å². The maximum Gasteiger partial charge on any atom is 0.168 e. The molecule has 2 heterocycles. The van der Waals surface area contributed by atoms with Gasteiger partial charge >= 0.3 is 0 Å². The lowest BCUT2D eigenvalue weighted by Crippen LogP contribution is -2.35. The number of phenolic OH excluding ortho intramolecular Hbond substituents is 1. The number of phenols is 1. The van der Waals surface area contributed by atoms with E-state index in [9.17, 15) is 5.11 Å². The lowest BCUT2D eigenvalue weighted by Gasteiger charge is -2.33. The first-order valence-corrected chi connectivity index (χ1v) is 11.1. The van der Waals surface area contributed by atoms with Crippen LogP contribution in [0.5, 0.6) is 11.5 Å². The van der Waals surface area contributed by atoms with Gasteiger partial charge in [-0.3, -0.25) is 0 Å². The Hall–Kier alpha value is -3.60. The predicted molar refractivity (Wildman–Crippen MR) is 128 cm³/mol. The highest BCUT2D eigenvalue weighted by atomic mass is 16.5. The van der Waals surface area contributed by atoms with Crippen LogP contribution in [0.4, 0.5) is 5.82 Å². The van der Waals surface area contributed by atoms with Crippen molar-refractivity contribution in [2.24, 2.45) is 5.92 Å². The monoisotopic (exact) mass is 425 g/mol. The van der Waals surface area contributed by atoms with Crippen LogP contribution >= 0.6 is 0 Å². The fourth-order valence-electron chi connectivity index (χ4n) is 4.59. The van der Waals surface area contributed by atoms with Gasteiger partial charge in [0, 0.05) is 18.5 Å². The number of benzene rings is 3. The normalized spacial score (nSPS) is 14.6. The van der Waals surface area contributed by atoms with E-state index in [1.54, 1.807) is 13.2 Å². The van der Waals surface area contributed by atoms with Crippen LogP contribution in [-0.4, -0.2) is 35.3 Å². The summed E-state index contributed by atoms with van der Waals surface area (Å²) in [6.07, 6.45) is 3.39. The number of hydrogen-bond acceptors (Lipinski definition) is 5. The van der Waals surface area contributed by atoms with E-state index in [-0.39, 0.29) is 5.75 Å². The van der Waals surface area contributed by atoms with Crippen LogP contribution in [0.25, 0.3) is 22.3 Å². The van der Waals surface area contributed by atoms with Crippen LogP contribution in [0.2, 0.25) is 0 Å². The SMILES string of the molecule is COc1cccc(-c2nc(N3CCC(Cc4ccccc4)CC3)c3ccccc3n2)c1O. The Bertz CT molecular complexity index is 1220. The van der Waals surface area contributed by atoms with Gasteiger partial charge in [-0.15, -0.1) is 0 Å². The van der Waals surface area contributed by atoms with E-state index in [1.165, 1.54) is 5.56 Å². The number of nitrogens with zero attached hydrogens (tertiary/aromatic N) is 3. The van der Waals surface area contributed by atoms with Gasteiger partial charge in [0.25, 0.3) is 0 Å². The van der Waals surface area contributed by atoms with E-state index in [1.807, 2.05) is 30.3 Å². The van der Waals surface area contributed by atoms with Crippen LogP contribution < -0.4 is 9.64 Å². The summed E-state index contributed by atoms with van der Waals surface area (Å²) in [7, 11) is 1.55. The number of anilines is 1. The lowest BCUT2D eigenvalue weighted by molar-refractivity contribution is 0.374. The Kier molecular flexibility index (Phi) is 5.63. The summed E-state index contributed by atoms with van der Waals surface area (Å²) in [5, 5.41) is 11.7.